The summed E-state index contributed by atoms with van der Waals surface area (Å²) in [5, 5.41) is 3.81. The third kappa shape index (κ3) is 4.38. The molecule has 140 valence electrons. The highest BCUT2D eigenvalue weighted by atomic mass is 35.5. The van der Waals surface area contributed by atoms with Gasteiger partial charge in [0.25, 0.3) is 5.91 Å². The average molecular weight is 415 g/mol. The average Bonchev–Trinajstić information content (AvgIpc) is 2.54. The maximum Gasteiger partial charge on any atom is 0.252 e. The second kappa shape index (κ2) is 7.96. The highest BCUT2D eigenvalue weighted by Crippen LogP contribution is 2.27. The van der Waals surface area contributed by atoms with Crippen LogP contribution in [0.25, 0.3) is 0 Å². The number of halogens is 2. The Hall–Kier alpha value is -1.60. The monoisotopic (exact) mass is 414 g/mol. The predicted molar refractivity (Wildman–Crippen MR) is 104 cm³/mol. The lowest BCUT2D eigenvalue weighted by Gasteiger charge is -2.18. The number of carbonyl (C=O) groups is 1. The fraction of sp³-hybridized carbons (Fsp3) is 0.278. The van der Waals surface area contributed by atoms with Crippen molar-refractivity contribution < 1.29 is 13.2 Å². The summed E-state index contributed by atoms with van der Waals surface area (Å²) in [6.07, 6.45) is 0. The highest BCUT2D eigenvalue weighted by Gasteiger charge is 2.21. The summed E-state index contributed by atoms with van der Waals surface area (Å²) in [7, 11) is -0.736. The van der Waals surface area contributed by atoms with Crippen LogP contribution in [-0.2, 0) is 10.0 Å². The molecule has 2 aromatic rings. The van der Waals surface area contributed by atoms with E-state index in [1.165, 1.54) is 26.2 Å². The van der Waals surface area contributed by atoms with Gasteiger partial charge in [0.1, 0.15) is 0 Å². The molecule has 2 rings (SSSR count). The lowest BCUT2D eigenvalue weighted by Crippen LogP contribution is -2.28. The van der Waals surface area contributed by atoms with Gasteiger partial charge in [-0.25, -0.2) is 12.7 Å². The van der Waals surface area contributed by atoms with Crippen LogP contribution in [0.4, 0.5) is 0 Å². The van der Waals surface area contributed by atoms with E-state index in [1.54, 1.807) is 38.1 Å². The van der Waals surface area contributed by atoms with Gasteiger partial charge in [0.05, 0.1) is 10.9 Å². The van der Waals surface area contributed by atoms with Crippen LogP contribution >= 0.6 is 23.2 Å². The molecule has 0 fully saturated rings. The molecule has 5 nitrogen and oxygen atoms in total. The Bertz CT molecular complexity index is 943. The van der Waals surface area contributed by atoms with Crippen molar-refractivity contribution in [2.75, 3.05) is 14.1 Å². The van der Waals surface area contributed by atoms with Crippen molar-refractivity contribution in [3.63, 3.8) is 0 Å². The van der Waals surface area contributed by atoms with Gasteiger partial charge in [-0.05, 0) is 49.2 Å². The van der Waals surface area contributed by atoms with Gasteiger partial charge in [0.15, 0.2) is 0 Å². The largest absolute Gasteiger partial charge is 0.345 e. The second-order valence-corrected chi connectivity index (χ2v) is 9.12. The van der Waals surface area contributed by atoms with Gasteiger partial charge < -0.3 is 5.32 Å². The van der Waals surface area contributed by atoms with E-state index in [-0.39, 0.29) is 16.8 Å². The van der Waals surface area contributed by atoms with Gasteiger partial charge in [0, 0.05) is 29.7 Å². The molecular formula is C18H20Cl2N2O3S. The van der Waals surface area contributed by atoms with Crippen LogP contribution in [-0.4, -0.2) is 32.7 Å². The van der Waals surface area contributed by atoms with Crippen molar-refractivity contribution in [1.82, 2.24) is 9.62 Å². The summed E-state index contributed by atoms with van der Waals surface area (Å²) in [5.41, 5.74) is 1.69. The number of rotatable bonds is 5. The first kappa shape index (κ1) is 20.7. The molecule has 0 aliphatic rings. The SMILES string of the molecule is Cc1ccc(S(=O)(=O)N(C)C)cc1C(=O)N[C@H](C)c1ccc(Cl)cc1Cl. The Kier molecular flexibility index (Phi) is 6.34. The summed E-state index contributed by atoms with van der Waals surface area (Å²) in [5.74, 6) is -0.378. The van der Waals surface area contributed by atoms with Crippen LogP contribution in [0.5, 0.6) is 0 Å². The van der Waals surface area contributed by atoms with Crippen molar-refractivity contribution in [2.45, 2.75) is 24.8 Å². The first-order valence-electron chi connectivity index (χ1n) is 7.83. The molecule has 0 spiro atoms. The minimum Gasteiger partial charge on any atom is -0.345 e. The number of hydrogen-bond acceptors (Lipinski definition) is 3. The molecule has 2 aromatic carbocycles. The number of benzene rings is 2. The van der Waals surface area contributed by atoms with E-state index in [0.717, 1.165) is 9.87 Å². The van der Waals surface area contributed by atoms with Crippen molar-refractivity contribution >= 4 is 39.1 Å². The van der Waals surface area contributed by atoms with Gasteiger partial charge >= 0.3 is 0 Å². The van der Waals surface area contributed by atoms with Crippen LogP contribution < -0.4 is 5.32 Å². The molecular weight excluding hydrogens is 395 g/mol. The molecule has 1 N–H and O–H groups in total. The Labute approximate surface area is 164 Å². The van der Waals surface area contributed by atoms with Gasteiger partial charge in [-0.15, -0.1) is 0 Å². The Balaban J connectivity index is 2.32. The van der Waals surface area contributed by atoms with E-state index in [4.69, 9.17) is 23.2 Å². The van der Waals surface area contributed by atoms with Gasteiger partial charge in [-0.3, -0.25) is 4.79 Å². The molecule has 0 saturated carbocycles. The van der Waals surface area contributed by atoms with Crippen molar-refractivity contribution in [1.29, 1.82) is 0 Å². The van der Waals surface area contributed by atoms with E-state index < -0.39 is 10.0 Å². The lowest BCUT2D eigenvalue weighted by molar-refractivity contribution is 0.0939. The van der Waals surface area contributed by atoms with E-state index in [0.29, 0.717) is 21.2 Å². The Morgan fingerprint density at radius 2 is 1.77 bits per heavy atom. The van der Waals surface area contributed by atoms with Crippen molar-refractivity contribution in [3.05, 3.63) is 63.1 Å². The second-order valence-electron chi connectivity index (χ2n) is 6.13. The molecule has 8 heteroatoms. The van der Waals surface area contributed by atoms with Crippen LogP contribution in [0.15, 0.2) is 41.3 Å². The molecule has 0 bridgehead atoms. The maximum atomic E-state index is 12.7. The van der Waals surface area contributed by atoms with Crippen molar-refractivity contribution in [3.8, 4) is 0 Å². The van der Waals surface area contributed by atoms with Crippen LogP contribution in [0.2, 0.25) is 10.0 Å². The Morgan fingerprint density at radius 3 is 2.35 bits per heavy atom. The fourth-order valence-electron chi connectivity index (χ4n) is 2.42. The number of sulfonamides is 1. The third-order valence-corrected chi connectivity index (χ3v) is 6.38. The van der Waals surface area contributed by atoms with Gasteiger partial charge in [0.2, 0.25) is 10.0 Å². The molecule has 0 saturated heterocycles. The minimum atomic E-state index is -3.62. The molecule has 1 atom stereocenters. The van der Waals surface area contributed by atoms with Crippen molar-refractivity contribution in [2.24, 2.45) is 0 Å². The van der Waals surface area contributed by atoms with Gasteiger partial charge in [-0.1, -0.05) is 35.3 Å². The van der Waals surface area contributed by atoms with Crippen LogP contribution in [0, 0.1) is 6.92 Å². The van der Waals surface area contributed by atoms with E-state index >= 15 is 0 Å². The zero-order chi connectivity index (χ0) is 19.6. The number of aryl methyl sites for hydroxylation is 1. The van der Waals surface area contributed by atoms with E-state index in [1.807, 2.05) is 0 Å². The maximum absolute atomic E-state index is 12.7. The van der Waals surface area contributed by atoms with Crippen LogP contribution in [0.1, 0.15) is 34.5 Å². The van der Waals surface area contributed by atoms with Gasteiger partial charge in [-0.2, -0.15) is 0 Å². The summed E-state index contributed by atoms with van der Waals surface area (Å²) in [6.45, 7) is 3.55. The zero-order valence-electron chi connectivity index (χ0n) is 14.9. The fourth-order valence-corrected chi connectivity index (χ4v) is 3.92. The molecule has 0 aliphatic heterocycles. The normalized spacial score (nSPS) is 12.9. The molecule has 0 aliphatic carbocycles. The highest BCUT2D eigenvalue weighted by molar-refractivity contribution is 7.89. The number of hydrogen-bond donors (Lipinski definition) is 1. The molecule has 0 aromatic heterocycles. The summed E-state index contributed by atoms with van der Waals surface area (Å²) in [6, 6.07) is 9.16. The summed E-state index contributed by atoms with van der Waals surface area (Å²) < 4.78 is 25.7. The number of amides is 1. The molecule has 0 unspecified atom stereocenters. The molecule has 1 amide bonds. The quantitative estimate of drug-likeness (QED) is 0.802. The zero-order valence-corrected chi connectivity index (χ0v) is 17.2. The topological polar surface area (TPSA) is 66.5 Å². The lowest BCUT2D eigenvalue weighted by atomic mass is 10.1. The smallest absolute Gasteiger partial charge is 0.252 e. The standard InChI is InChI=1S/C18H20Cl2N2O3S/c1-11-5-7-14(26(24,25)22(3)4)10-16(11)18(23)21-12(2)15-8-6-13(19)9-17(15)20/h5-10,12H,1-4H3,(H,21,23)/t12-/m1/s1. The number of nitrogens with zero attached hydrogens (tertiary/aromatic N) is 1. The minimum absolute atomic E-state index is 0.0652. The Morgan fingerprint density at radius 1 is 1.12 bits per heavy atom. The van der Waals surface area contributed by atoms with E-state index in [9.17, 15) is 13.2 Å². The summed E-state index contributed by atoms with van der Waals surface area (Å²) in [4.78, 5) is 12.8. The molecule has 26 heavy (non-hydrogen) atoms. The predicted octanol–water partition coefficient (Wildman–Crippen LogP) is 4.04. The molecule has 0 radical (unpaired) electrons. The van der Waals surface area contributed by atoms with Crippen LogP contribution in [0.3, 0.4) is 0 Å². The first-order valence-corrected chi connectivity index (χ1v) is 10.0. The number of nitrogens with one attached hydrogen (secondary N) is 1. The molecule has 0 heterocycles. The number of carbonyl (C=O) groups excluding carboxylic acids is 1. The summed E-state index contributed by atoms with van der Waals surface area (Å²) >= 11 is 12.1. The van der Waals surface area contributed by atoms with E-state index in [2.05, 4.69) is 5.32 Å². The third-order valence-electron chi connectivity index (χ3n) is 4.01. The first-order chi connectivity index (χ1) is 12.0.